The van der Waals surface area contributed by atoms with E-state index in [4.69, 9.17) is 4.74 Å². The second-order valence-electron chi connectivity index (χ2n) is 5.58. The van der Waals surface area contributed by atoms with Crippen molar-refractivity contribution in [3.8, 4) is 0 Å². The number of carbonyl (C=O) groups is 1. The molecule has 1 saturated heterocycles. The monoisotopic (exact) mass is 277 g/mol. The van der Waals surface area contributed by atoms with Gasteiger partial charge in [-0.2, -0.15) is 0 Å². The molecule has 1 aromatic heterocycles. The summed E-state index contributed by atoms with van der Waals surface area (Å²) >= 11 is 0. The quantitative estimate of drug-likeness (QED) is 0.893. The summed E-state index contributed by atoms with van der Waals surface area (Å²) in [6.07, 6.45) is 7.98. The van der Waals surface area contributed by atoms with Gasteiger partial charge in [-0.1, -0.05) is 6.92 Å². The lowest BCUT2D eigenvalue weighted by atomic mass is 9.77. The minimum Gasteiger partial charge on any atom is -0.381 e. The second kappa shape index (κ2) is 6.79. The molecule has 1 unspecified atom stereocenters. The summed E-state index contributed by atoms with van der Waals surface area (Å²) in [5.74, 6) is -0.177. The maximum absolute atomic E-state index is 12.2. The van der Waals surface area contributed by atoms with Crippen LogP contribution < -0.4 is 5.32 Å². The maximum Gasteiger partial charge on any atom is 0.227 e. The van der Waals surface area contributed by atoms with Crippen molar-refractivity contribution in [1.82, 2.24) is 15.3 Å². The molecule has 0 bridgehead atoms. The van der Waals surface area contributed by atoms with Gasteiger partial charge in [-0.05, 0) is 31.6 Å². The van der Waals surface area contributed by atoms with E-state index in [1.807, 2.05) is 6.92 Å². The van der Waals surface area contributed by atoms with E-state index in [2.05, 4.69) is 22.2 Å². The molecule has 2 heterocycles. The number of nitrogens with zero attached hydrogens (tertiary/aromatic N) is 2. The molecule has 2 rings (SSSR count). The third-order valence-corrected chi connectivity index (χ3v) is 4.41. The summed E-state index contributed by atoms with van der Waals surface area (Å²) < 4.78 is 5.42. The first-order valence-corrected chi connectivity index (χ1v) is 7.27. The van der Waals surface area contributed by atoms with Crippen LogP contribution in [0.1, 0.15) is 44.6 Å². The molecule has 110 valence electrons. The predicted octanol–water partition coefficient (Wildman–Crippen LogP) is 1.90. The number of carbonyl (C=O) groups excluding carboxylic acids is 1. The normalized spacial score (nSPS) is 19.3. The fraction of sp³-hybridized carbons (Fsp3) is 0.667. The molecule has 1 amide bonds. The number of amides is 1. The fourth-order valence-corrected chi connectivity index (χ4v) is 2.57. The number of rotatable bonds is 5. The maximum atomic E-state index is 12.2. The summed E-state index contributed by atoms with van der Waals surface area (Å²) in [6, 6.07) is 0. The molecule has 0 spiro atoms. The van der Waals surface area contributed by atoms with Gasteiger partial charge < -0.3 is 10.1 Å². The van der Waals surface area contributed by atoms with E-state index in [-0.39, 0.29) is 17.2 Å². The Labute approximate surface area is 120 Å². The van der Waals surface area contributed by atoms with Crippen LogP contribution in [-0.4, -0.2) is 35.6 Å². The van der Waals surface area contributed by atoms with Gasteiger partial charge in [-0.3, -0.25) is 4.79 Å². The Hall–Kier alpha value is -1.49. The molecule has 1 aliphatic rings. The van der Waals surface area contributed by atoms with Crippen molar-refractivity contribution in [2.24, 2.45) is 5.41 Å². The third-order valence-electron chi connectivity index (χ3n) is 4.41. The minimum absolute atomic E-state index is 0.0408. The van der Waals surface area contributed by atoms with E-state index >= 15 is 0 Å². The average Bonchev–Trinajstić information content (AvgIpc) is 2.53. The highest BCUT2D eigenvalue weighted by molar-refractivity contribution is 5.83. The highest BCUT2D eigenvalue weighted by atomic mass is 16.5. The van der Waals surface area contributed by atoms with Crippen molar-refractivity contribution in [3.63, 3.8) is 0 Å². The van der Waals surface area contributed by atoms with Gasteiger partial charge in [0.15, 0.2) is 0 Å². The Balaban J connectivity index is 1.91. The lowest BCUT2D eigenvalue weighted by molar-refractivity contribution is -0.123. The fourth-order valence-electron chi connectivity index (χ4n) is 2.57. The molecule has 1 N–H and O–H groups in total. The van der Waals surface area contributed by atoms with Crippen molar-refractivity contribution >= 4 is 5.91 Å². The number of aromatic nitrogens is 2. The first-order chi connectivity index (χ1) is 9.67. The molecule has 1 atom stereocenters. The Kier molecular flexibility index (Phi) is 5.06. The molecule has 0 aromatic carbocycles. The van der Waals surface area contributed by atoms with Crippen LogP contribution in [0, 0.1) is 5.41 Å². The zero-order valence-electron chi connectivity index (χ0n) is 12.3. The van der Waals surface area contributed by atoms with Crippen molar-refractivity contribution in [2.45, 2.75) is 39.0 Å². The zero-order valence-corrected chi connectivity index (χ0v) is 12.3. The minimum atomic E-state index is -0.218. The first kappa shape index (κ1) is 14.9. The molecule has 20 heavy (non-hydrogen) atoms. The molecule has 0 radical (unpaired) electrons. The van der Waals surface area contributed by atoms with Gasteiger partial charge in [-0.15, -0.1) is 0 Å². The van der Waals surface area contributed by atoms with Crippen LogP contribution in [0.25, 0.3) is 0 Å². The summed E-state index contributed by atoms with van der Waals surface area (Å²) in [6.45, 7) is 6.39. The van der Waals surface area contributed by atoms with Crippen LogP contribution >= 0.6 is 0 Å². The Bertz CT molecular complexity index is 430. The van der Waals surface area contributed by atoms with Gasteiger partial charge in [0, 0.05) is 37.7 Å². The Morgan fingerprint density at radius 1 is 1.40 bits per heavy atom. The third kappa shape index (κ3) is 3.54. The molecular weight excluding hydrogens is 254 g/mol. The topological polar surface area (TPSA) is 64.1 Å². The average molecular weight is 277 g/mol. The van der Waals surface area contributed by atoms with Gasteiger partial charge in [-0.25, -0.2) is 9.97 Å². The number of ether oxygens (including phenoxy) is 1. The van der Waals surface area contributed by atoms with Crippen LogP contribution in [-0.2, 0) is 9.53 Å². The summed E-state index contributed by atoms with van der Waals surface area (Å²) in [5.41, 5.74) is 1.04. The summed E-state index contributed by atoms with van der Waals surface area (Å²) in [7, 11) is 0. The standard InChI is InChI=1S/C15H23N3O2/c1-3-15(4-6-20-7-5-15)10-18-14(19)12(2)13-8-16-11-17-9-13/h8-9,11-12H,3-7,10H2,1-2H3,(H,18,19). The largest absolute Gasteiger partial charge is 0.381 e. The predicted molar refractivity (Wildman–Crippen MR) is 76.2 cm³/mol. The lowest BCUT2D eigenvalue weighted by Gasteiger charge is -2.36. The van der Waals surface area contributed by atoms with Gasteiger partial charge in [0.05, 0.1) is 5.92 Å². The Morgan fingerprint density at radius 2 is 2.05 bits per heavy atom. The van der Waals surface area contributed by atoms with Gasteiger partial charge in [0.1, 0.15) is 6.33 Å². The van der Waals surface area contributed by atoms with E-state index in [0.29, 0.717) is 0 Å². The van der Waals surface area contributed by atoms with Gasteiger partial charge >= 0.3 is 0 Å². The molecule has 5 nitrogen and oxygen atoms in total. The van der Waals surface area contributed by atoms with Crippen LogP contribution in [0.4, 0.5) is 0 Å². The van der Waals surface area contributed by atoms with Gasteiger partial charge in [0.25, 0.3) is 0 Å². The first-order valence-electron chi connectivity index (χ1n) is 7.27. The lowest BCUT2D eigenvalue weighted by Crippen LogP contribution is -2.42. The molecule has 1 fully saturated rings. The van der Waals surface area contributed by atoms with Crippen molar-refractivity contribution in [1.29, 1.82) is 0 Å². The highest BCUT2D eigenvalue weighted by Gasteiger charge is 2.31. The summed E-state index contributed by atoms with van der Waals surface area (Å²) in [4.78, 5) is 20.2. The van der Waals surface area contributed by atoms with Crippen molar-refractivity contribution < 1.29 is 9.53 Å². The molecule has 5 heteroatoms. The van der Waals surface area contributed by atoms with Crippen LogP contribution in [0.3, 0.4) is 0 Å². The van der Waals surface area contributed by atoms with Crippen LogP contribution in [0.15, 0.2) is 18.7 Å². The zero-order chi connectivity index (χ0) is 14.4. The van der Waals surface area contributed by atoms with E-state index in [0.717, 1.165) is 44.6 Å². The van der Waals surface area contributed by atoms with Crippen molar-refractivity contribution in [2.75, 3.05) is 19.8 Å². The van der Waals surface area contributed by atoms with E-state index in [1.54, 1.807) is 12.4 Å². The number of hydrogen-bond acceptors (Lipinski definition) is 4. The van der Waals surface area contributed by atoms with E-state index in [1.165, 1.54) is 6.33 Å². The van der Waals surface area contributed by atoms with E-state index < -0.39 is 0 Å². The van der Waals surface area contributed by atoms with Crippen LogP contribution in [0.2, 0.25) is 0 Å². The molecule has 1 aromatic rings. The second-order valence-corrected chi connectivity index (χ2v) is 5.58. The Morgan fingerprint density at radius 3 is 2.65 bits per heavy atom. The number of hydrogen-bond donors (Lipinski definition) is 1. The molecule has 1 aliphatic heterocycles. The highest BCUT2D eigenvalue weighted by Crippen LogP contribution is 2.33. The van der Waals surface area contributed by atoms with Gasteiger partial charge in [0.2, 0.25) is 5.91 Å². The summed E-state index contributed by atoms with van der Waals surface area (Å²) in [5, 5.41) is 3.09. The molecular formula is C15H23N3O2. The molecule has 0 saturated carbocycles. The molecule has 0 aliphatic carbocycles. The number of nitrogens with one attached hydrogen (secondary N) is 1. The van der Waals surface area contributed by atoms with E-state index in [9.17, 15) is 4.79 Å². The smallest absolute Gasteiger partial charge is 0.227 e. The SMILES string of the molecule is CCC1(CNC(=O)C(C)c2cncnc2)CCOCC1. The van der Waals surface area contributed by atoms with Crippen LogP contribution in [0.5, 0.6) is 0 Å². The van der Waals surface area contributed by atoms with Crippen molar-refractivity contribution in [3.05, 3.63) is 24.3 Å².